The van der Waals surface area contributed by atoms with Crippen molar-refractivity contribution in [3.63, 3.8) is 0 Å². The Labute approximate surface area is 112 Å². The summed E-state index contributed by atoms with van der Waals surface area (Å²) in [5.41, 5.74) is 4.73. The van der Waals surface area contributed by atoms with E-state index in [9.17, 15) is 0 Å². The van der Waals surface area contributed by atoms with Gasteiger partial charge in [-0.15, -0.1) is 0 Å². The van der Waals surface area contributed by atoms with Gasteiger partial charge in [-0.3, -0.25) is 4.98 Å². The fourth-order valence-electron chi connectivity index (χ4n) is 1.94. The van der Waals surface area contributed by atoms with Gasteiger partial charge in [-0.2, -0.15) is 0 Å². The Bertz CT molecular complexity index is 528. The van der Waals surface area contributed by atoms with E-state index in [4.69, 9.17) is 5.84 Å². The summed E-state index contributed by atoms with van der Waals surface area (Å²) < 4.78 is 0. The summed E-state index contributed by atoms with van der Waals surface area (Å²) in [4.78, 5) is 12.4. The van der Waals surface area contributed by atoms with Gasteiger partial charge in [0.1, 0.15) is 18.0 Å². The van der Waals surface area contributed by atoms with Crippen LogP contribution in [0.2, 0.25) is 0 Å². The van der Waals surface area contributed by atoms with Crippen LogP contribution in [0.1, 0.15) is 31.0 Å². The summed E-state index contributed by atoms with van der Waals surface area (Å²) in [5, 5.41) is 3.38. The van der Waals surface area contributed by atoms with Crippen LogP contribution in [-0.2, 0) is 6.42 Å². The van der Waals surface area contributed by atoms with Gasteiger partial charge < -0.3 is 10.7 Å². The minimum absolute atomic E-state index is 0.133. The molecule has 6 nitrogen and oxygen atoms in total. The Morgan fingerprint density at radius 3 is 2.53 bits per heavy atom. The lowest BCUT2D eigenvalue weighted by Crippen LogP contribution is -2.15. The van der Waals surface area contributed by atoms with Gasteiger partial charge >= 0.3 is 0 Å². The lowest BCUT2D eigenvalue weighted by Gasteiger charge is -2.18. The number of nitrogens with two attached hydrogens (primary N) is 1. The highest BCUT2D eigenvalue weighted by molar-refractivity contribution is 5.57. The highest BCUT2D eigenvalue weighted by Crippen LogP contribution is 2.24. The second kappa shape index (κ2) is 6.10. The zero-order valence-electron chi connectivity index (χ0n) is 11.1. The van der Waals surface area contributed by atoms with Crippen molar-refractivity contribution in [2.24, 2.45) is 5.84 Å². The molecular formula is C13H18N6. The van der Waals surface area contributed by atoms with Crippen molar-refractivity contribution < 1.29 is 0 Å². The fourth-order valence-corrected chi connectivity index (χ4v) is 1.94. The molecule has 0 aromatic carbocycles. The molecule has 6 heteroatoms. The molecule has 100 valence electrons. The van der Waals surface area contributed by atoms with E-state index in [-0.39, 0.29) is 6.04 Å². The molecule has 2 heterocycles. The number of nitrogen functional groups attached to an aromatic ring is 1. The number of hydrogen-bond acceptors (Lipinski definition) is 6. The zero-order valence-corrected chi connectivity index (χ0v) is 11.1. The number of hydrogen-bond donors (Lipinski definition) is 3. The van der Waals surface area contributed by atoms with Gasteiger partial charge in [-0.1, -0.05) is 6.92 Å². The molecule has 4 N–H and O–H groups in total. The van der Waals surface area contributed by atoms with Gasteiger partial charge in [0.15, 0.2) is 0 Å². The summed E-state index contributed by atoms with van der Waals surface area (Å²) in [5.74, 6) is 6.92. The van der Waals surface area contributed by atoms with E-state index >= 15 is 0 Å². The van der Waals surface area contributed by atoms with Gasteiger partial charge in [-0.05, 0) is 31.0 Å². The normalized spacial score (nSPS) is 11.9. The van der Waals surface area contributed by atoms with Crippen molar-refractivity contribution in [1.29, 1.82) is 0 Å². The average molecular weight is 258 g/mol. The maximum absolute atomic E-state index is 5.46. The summed E-state index contributed by atoms with van der Waals surface area (Å²) in [6.07, 6.45) is 5.85. The van der Waals surface area contributed by atoms with E-state index in [1.165, 1.54) is 6.33 Å². The third-order valence-corrected chi connectivity index (χ3v) is 2.99. The van der Waals surface area contributed by atoms with Crippen LogP contribution in [0.4, 0.5) is 11.6 Å². The maximum atomic E-state index is 5.46. The first-order valence-electron chi connectivity index (χ1n) is 6.23. The molecule has 0 aliphatic rings. The summed E-state index contributed by atoms with van der Waals surface area (Å²) >= 11 is 0. The third kappa shape index (κ3) is 2.97. The smallest absolute Gasteiger partial charge is 0.148 e. The molecule has 0 aliphatic heterocycles. The maximum Gasteiger partial charge on any atom is 0.148 e. The van der Waals surface area contributed by atoms with E-state index in [0.717, 1.165) is 23.4 Å². The van der Waals surface area contributed by atoms with E-state index < -0.39 is 0 Å². The van der Waals surface area contributed by atoms with E-state index in [1.54, 1.807) is 12.4 Å². The van der Waals surface area contributed by atoms with Crippen molar-refractivity contribution in [2.75, 3.05) is 10.7 Å². The Morgan fingerprint density at radius 1 is 1.21 bits per heavy atom. The van der Waals surface area contributed by atoms with Crippen molar-refractivity contribution in [3.05, 3.63) is 42.0 Å². The number of aromatic nitrogens is 3. The first-order chi connectivity index (χ1) is 9.26. The quantitative estimate of drug-likeness (QED) is 0.560. The van der Waals surface area contributed by atoms with E-state index in [1.807, 2.05) is 19.1 Å². The molecule has 1 unspecified atom stereocenters. The van der Waals surface area contributed by atoms with Gasteiger partial charge in [0.2, 0.25) is 0 Å². The van der Waals surface area contributed by atoms with Crippen molar-refractivity contribution in [3.8, 4) is 0 Å². The van der Waals surface area contributed by atoms with Crippen LogP contribution in [0.25, 0.3) is 0 Å². The van der Waals surface area contributed by atoms with Crippen LogP contribution >= 0.6 is 0 Å². The SMILES string of the molecule is CCc1c(NN)ncnc1NC(C)c1ccncc1. The summed E-state index contributed by atoms with van der Waals surface area (Å²) in [6.45, 7) is 4.12. The van der Waals surface area contributed by atoms with Crippen molar-refractivity contribution in [1.82, 2.24) is 15.0 Å². The molecule has 0 amide bonds. The molecule has 2 rings (SSSR count). The molecular weight excluding hydrogens is 240 g/mol. The molecule has 0 spiro atoms. The molecule has 2 aromatic heterocycles. The summed E-state index contributed by atoms with van der Waals surface area (Å²) in [6, 6.07) is 4.09. The molecule has 2 aromatic rings. The first kappa shape index (κ1) is 13.2. The Kier molecular flexibility index (Phi) is 4.25. The molecule has 0 radical (unpaired) electrons. The number of anilines is 2. The Balaban J connectivity index is 2.24. The molecule has 0 saturated carbocycles. The Hall–Kier alpha value is -2.21. The first-order valence-corrected chi connectivity index (χ1v) is 6.23. The topological polar surface area (TPSA) is 88.8 Å². The number of rotatable bonds is 5. The van der Waals surface area contributed by atoms with E-state index in [0.29, 0.717) is 5.82 Å². The van der Waals surface area contributed by atoms with Crippen molar-refractivity contribution in [2.45, 2.75) is 26.3 Å². The third-order valence-electron chi connectivity index (χ3n) is 2.99. The van der Waals surface area contributed by atoms with Gasteiger partial charge in [0.05, 0.1) is 6.04 Å². The van der Waals surface area contributed by atoms with Gasteiger partial charge in [-0.25, -0.2) is 15.8 Å². The van der Waals surface area contributed by atoms with Crippen LogP contribution in [0, 0.1) is 0 Å². The highest BCUT2D eigenvalue weighted by atomic mass is 15.3. The number of hydrazine groups is 1. The van der Waals surface area contributed by atoms with Crippen LogP contribution in [-0.4, -0.2) is 15.0 Å². The standard InChI is InChI=1S/C13H18N6/c1-3-11-12(16-8-17-13(11)19-14)18-9(2)10-4-6-15-7-5-10/h4-9H,3,14H2,1-2H3,(H2,16,17,18,19). The molecule has 0 saturated heterocycles. The number of nitrogens with zero attached hydrogens (tertiary/aromatic N) is 3. The zero-order chi connectivity index (χ0) is 13.7. The number of pyridine rings is 1. The van der Waals surface area contributed by atoms with Crippen LogP contribution in [0.5, 0.6) is 0 Å². The highest BCUT2D eigenvalue weighted by Gasteiger charge is 2.12. The average Bonchev–Trinajstić information content (AvgIpc) is 2.47. The molecule has 19 heavy (non-hydrogen) atoms. The molecule has 0 fully saturated rings. The lowest BCUT2D eigenvalue weighted by molar-refractivity contribution is 0.859. The minimum atomic E-state index is 0.133. The van der Waals surface area contributed by atoms with Crippen LogP contribution in [0.3, 0.4) is 0 Å². The summed E-state index contributed by atoms with van der Waals surface area (Å²) in [7, 11) is 0. The predicted octanol–water partition coefficient (Wildman–Crippen LogP) is 1.89. The van der Waals surface area contributed by atoms with E-state index in [2.05, 4.69) is 32.6 Å². The second-order valence-corrected chi connectivity index (χ2v) is 4.19. The largest absolute Gasteiger partial charge is 0.363 e. The fraction of sp³-hybridized carbons (Fsp3) is 0.308. The number of nitrogens with one attached hydrogen (secondary N) is 2. The molecule has 0 bridgehead atoms. The van der Waals surface area contributed by atoms with Gasteiger partial charge in [0.25, 0.3) is 0 Å². The molecule has 1 atom stereocenters. The second-order valence-electron chi connectivity index (χ2n) is 4.19. The predicted molar refractivity (Wildman–Crippen MR) is 75.5 cm³/mol. The van der Waals surface area contributed by atoms with Crippen LogP contribution < -0.4 is 16.6 Å². The van der Waals surface area contributed by atoms with Crippen molar-refractivity contribution >= 4 is 11.6 Å². The van der Waals surface area contributed by atoms with Crippen LogP contribution in [0.15, 0.2) is 30.9 Å². The molecule has 0 aliphatic carbocycles. The van der Waals surface area contributed by atoms with Gasteiger partial charge in [0, 0.05) is 18.0 Å². The minimum Gasteiger partial charge on any atom is -0.363 e. The monoisotopic (exact) mass is 258 g/mol. The lowest BCUT2D eigenvalue weighted by atomic mass is 10.1. The Morgan fingerprint density at radius 2 is 1.89 bits per heavy atom.